The van der Waals surface area contributed by atoms with E-state index >= 15 is 0 Å². The van der Waals surface area contributed by atoms with Gasteiger partial charge in [0.2, 0.25) is 5.91 Å². The molecule has 0 bridgehead atoms. The van der Waals surface area contributed by atoms with Crippen LogP contribution in [0.15, 0.2) is 36.5 Å². The van der Waals surface area contributed by atoms with Crippen molar-refractivity contribution in [2.24, 2.45) is 0 Å². The Hall–Kier alpha value is -2.36. The number of carbonyl (C=O) groups excluding carboxylic acids is 1. The maximum absolute atomic E-state index is 11.8. The molecule has 2 rings (SSSR count). The lowest BCUT2D eigenvalue weighted by Crippen LogP contribution is -2.16. The molecule has 21 heavy (non-hydrogen) atoms. The van der Waals surface area contributed by atoms with E-state index in [2.05, 4.69) is 10.3 Å². The van der Waals surface area contributed by atoms with E-state index < -0.39 is 0 Å². The molecule has 0 aliphatic carbocycles. The van der Waals surface area contributed by atoms with Crippen LogP contribution in [0.4, 0.5) is 5.82 Å². The molecular weight excluding hydrogens is 264 g/mol. The molecule has 0 fully saturated rings. The first-order chi connectivity index (χ1) is 10.1. The zero-order chi connectivity index (χ0) is 15.2. The van der Waals surface area contributed by atoms with Gasteiger partial charge in [-0.05, 0) is 49.6 Å². The fraction of sp³-hybridized carbons (Fsp3) is 0.294. The molecule has 0 aliphatic rings. The van der Waals surface area contributed by atoms with Crippen LogP contribution in [-0.2, 0) is 4.79 Å². The van der Waals surface area contributed by atoms with Gasteiger partial charge in [0.15, 0.2) is 0 Å². The summed E-state index contributed by atoms with van der Waals surface area (Å²) >= 11 is 0. The maximum atomic E-state index is 11.8. The lowest BCUT2D eigenvalue weighted by molar-refractivity contribution is -0.116. The summed E-state index contributed by atoms with van der Waals surface area (Å²) in [5, 5.41) is 2.75. The predicted molar refractivity (Wildman–Crippen MR) is 83.6 cm³/mol. The first-order valence-electron chi connectivity index (χ1n) is 6.98. The maximum Gasteiger partial charge on any atom is 0.228 e. The number of carbonyl (C=O) groups is 1. The van der Waals surface area contributed by atoms with Crippen molar-refractivity contribution in [3.05, 3.63) is 53.2 Å². The predicted octanol–water partition coefficient (Wildman–Crippen LogP) is 3.41. The molecule has 1 amide bonds. The SMILES string of the molecule is Cc1ccc(NC(=O)CCOc2cccc(C)c2C)nc1. The number of amides is 1. The lowest BCUT2D eigenvalue weighted by Gasteiger charge is -2.10. The molecule has 4 heteroatoms. The van der Waals surface area contributed by atoms with Gasteiger partial charge in [0.25, 0.3) is 0 Å². The van der Waals surface area contributed by atoms with E-state index in [4.69, 9.17) is 4.74 Å². The Kier molecular flexibility index (Phi) is 4.93. The van der Waals surface area contributed by atoms with Gasteiger partial charge in [-0.25, -0.2) is 4.98 Å². The van der Waals surface area contributed by atoms with Crippen molar-refractivity contribution in [3.63, 3.8) is 0 Å². The zero-order valence-corrected chi connectivity index (χ0v) is 12.6. The highest BCUT2D eigenvalue weighted by Crippen LogP contribution is 2.20. The largest absolute Gasteiger partial charge is 0.493 e. The Labute approximate surface area is 125 Å². The van der Waals surface area contributed by atoms with E-state index in [1.807, 2.05) is 45.0 Å². The molecule has 0 aliphatic heterocycles. The summed E-state index contributed by atoms with van der Waals surface area (Å²) in [6.45, 7) is 6.36. The van der Waals surface area contributed by atoms with Gasteiger partial charge >= 0.3 is 0 Å². The van der Waals surface area contributed by atoms with Crippen molar-refractivity contribution >= 4 is 11.7 Å². The van der Waals surface area contributed by atoms with Gasteiger partial charge in [0.1, 0.15) is 11.6 Å². The molecule has 1 heterocycles. The van der Waals surface area contributed by atoms with Gasteiger partial charge in [-0.1, -0.05) is 18.2 Å². The second-order valence-corrected chi connectivity index (χ2v) is 5.07. The molecule has 2 aromatic rings. The summed E-state index contributed by atoms with van der Waals surface area (Å²) in [4.78, 5) is 15.9. The number of nitrogens with zero attached hydrogens (tertiary/aromatic N) is 1. The summed E-state index contributed by atoms with van der Waals surface area (Å²) < 4.78 is 5.66. The Balaban J connectivity index is 1.81. The molecule has 1 N–H and O–H groups in total. The summed E-state index contributed by atoms with van der Waals surface area (Å²) in [5.74, 6) is 1.30. The summed E-state index contributed by atoms with van der Waals surface area (Å²) in [5.41, 5.74) is 3.35. The Bertz CT molecular complexity index is 621. The topological polar surface area (TPSA) is 51.2 Å². The molecule has 1 aromatic carbocycles. The number of ether oxygens (including phenoxy) is 1. The smallest absolute Gasteiger partial charge is 0.228 e. The monoisotopic (exact) mass is 284 g/mol. The standard InChI is InChI=1S/C17H20N2O2/c1-12-7-8-16(18-11-12)19-17(20)9-10-21-15-6-4-5-13(2)14(15)3/h4-8,11H,9-10H2,1-3H3,(H,18,19,20). The molecule has 0 radical (unpaired) electrons. The Morgan fingerprint density at radius 3 is 2.71 bits per heavy atom. The molecule has 0 unspecified atom stereocenters. The quantitative estimate of drug-likeness (QED) is 0.915. The number of hydrogen-bond donors (Lipinski definition) is 1. The van der Waals surface area contributed by atoms with Crippen molar-refractivity contribution in [1.82, 2.24) is 4.98 Å². The highest BCUT2D eigenvalue weighted by atomic mass is 16.5. The number of anilines is 1. The number of aryl methyl sites for hydroxylation is 2. The average molecular weight is 284 g/mol. The van der Waals surface area contributed by atoms with Crippen LogP contribution in [0.1, 0.15) is 23.1 Å². The van der Waals surface area contributed by atoms with E-state index in [0.717, 1.165) is 16.9 Å². The molecule has 0 saturated carbocycles. The van der Waals surface area contributed by atoms with Crippen LogP contribution >= 0.6 is 0 Å². The van der Waals surface area contributed by atoms with E-state index in [1.165, 1.54) is 5.56 Å². The fourth-order valence-corrected chi connectivity index (χ4v) is 1.88. The summed E-state index contributed by atoms with van der Waals surface area (Å²) in [6.07, 6.45) is 2.02. The minimum absolute atomic E-state index is 0.100. The summed E-state index contributed by atoms with van der Waals surface area (Å²) in [7, 11) is 0. The van der Waals surface area contributed by atoms with Crippen LogP contribution in [0.3, 0.4) is 0 Å². The Morgan fingerprint density at radius 2 is 2.00 bits per heavy atom. The first-order valence-corrected chi connectivity index (χ1v) is 6.98. The van der Waals surface area contributed by atoms with Crippen molar-refractivity contribution in [1.29, 1.82) is 0 Å². The van der Waals surface area contributed by atoms with E-state index in [9.17, 15) is 4.79 Å². The Morgan fingerprint density at radius 1 is 1.19 bits per heavy atom. The van der Waals surface area contributed by atoms with Gasteiger partial charge in [-0.3, -0.25) is 4.79 Å². The molecule has 1 aromatic heterocycles. The lowest BCUT2D eigenvalue weighted by atomic mass is 10.1. The number of nitrogens with one attached hydrogen (secondary N) is 1. The fourth-order valence-electron chi connectivity index (χ4n) is 1.88. The average Bonchev–Trinajstić information content (AvgIpc) is 2.46. The van der Waals surface area contributed by atoms with Crippen LogP contribution in [0.25, 0.3) is 0 Å². The van der Waals surface area contributed by atoms with Crippen LogP contribution in [-0.4, -0.2) is 17.5 Å². The molecule has 110 valence electrons. The minimum Gasteiger partial charge on any atom is -0.493 e. The second-order valence-electron chi connectivity index (χ2n) is 5.07. The van der Waals surface area contributed by atoms with Crippen LogP contribution in [0, 0.1) is 20.8 Å². The van der Waals surface area contributed by atoms with Crippen molar-refractivity contribution < 1.29 is 9.53 Å². The minimum atomic E-state index is -0.100. The van der Waals surface area contributed by atoms with Crippen molar-refractivity contribution in [2.75, 3.05) is 11.9 Å². The normalized spacial score (nSPS) is 10.2. The highest BCUT2D eigenvalue weighted by molar-refractivity contribution is 5.89. The van der Waals surface area contributed by atoms with Crippen molar-refractivity contribution in [3.8, 4) is 5.75 Å². The molecule has 0 atom stereocenters. The molecule has 4 nitrogen and oxygen atoms in total. The third-order valence-electron chi connectivity index (χ3n) is 3.32. The van der Waals surface area contributed by atoms with Gasteiger partial charge < -0.3 is 10.1 Å². The van der Waals surface area contributed by atoms with E-state index in [1.54, 1.807) is 12.3 Å². The molecular formula is C17H20N2O2. The third-order valence-corrected chi connectivity index (χ3v) is 3.32. The number of rotatable bonds is 5. The first kappa shape index (κ1) is 15.0. The van der Waals surface area contributed by atoms with Crippen molar-refractivity contribution in [2.45, 2.75) is 27.2 Å². The third kappa shape index (κ3) is 4.31. The number of benzene rings is 1. The van der Waals surface area contributed by atoms with Crippen LogP contribution < -0.4 is 10.1 Å². The number of hydrogen-bond acceptors (Lipinski definition) is 3. The van der Waals surface area contributed by atoms with Crippen LogP contribution in [0.5, 0.6) is 5.75 Å². The molecule has 0 spiro atoms. The highest BCUT2D eigenvalue weighted by Gasteiger charge is 2.05. The zero-order valence-electron chi connectivity index (χ0n) is 12.6. The number of aromatic nitrogens is 1. The molecule has 0 saturated heterocycles. The van der Waals surface area contributed by atoms with Gasteiger partial charge in [-0.15, -0.1) is 0 Å². The van der Waals surface area contributed by atoms with E-state index in [0.29, 0.717) is 18.8 Å². The second kappa shape index (κ2) is 6.88. The van der Waals surface area contributed by atoms with Gasteiger partial charge in [0.05, 0.1) is 13.0 Å². The van der Waals surface area contributed by atoms with Gasteiger partial charge in [-0.2, -0.15) is 0 Å². The van der Waals surface area contributed by atoms with Gasteiger partial charge in [0, 0.05) is 6.20 Å². The van der Waals surface area contributed by atoms with Crippen LogP contribution in [0.2, 0.25) is 0 Å². The number of pyridine rings is 1. The summed E-state index contributed by atoms with van der Waals surface area (Å²) in [6, 6.07) is 9.61. The van der Waals surface area contributed by atoms with E-state index in [-0.39, 0.29) is 5.91 Å².